The third-order valence-corrected chi connectivity index (χ3v) is 3.11. The molecule has 0 aromatic carbocycles. The Morgan fingerprint density at radius 3 is 2.85 bits per heavy atom. The van der Waals surface area contributed by atoms with Gasteiger partial charge in [-0.3, -0.25) is 14.7 Å². The second kappa shape index (κ2) is 6.34. The molecule has 0 saturated heterocycles. The smallest absolute Gasteiger partial charge is 0.250 e. The molecular weight excluding hydrogens is 252 g/mol. The summed E-state index contributed by atoms with van der Waals surface area (Å²) in [7, 11) is 2.02. The normalized spacial score (nSPS) is 10.9. The molecule has 0 bridgehead atoms. The maximum absolute atomic E-state index is 11.7. The van der Waals surface area contributed by atoms with E-state index in [0.717, 1.165) is 24.5 Å². The molecule has 0 fully saturated rings. The van der Waals surface area contributed by atoms with Gasteiger partial charge in [0.05, 0.1) is 5.69 Å². The first-order valence-electron chi connectivity index (χ1n) is 6.61. The molecule has 0 aliphatic rings. The molecule has 0 radical (unpaired) electrons. The van der Waals surface area contributed by atoms with E-state index in [4.69, 9.17) is 5.73 Å². The van der Waals surface area contributed by atoms with Crippen LogP contribution in [0.15, 0.2) is 41.3 Å². The highest BCUT2D eigenvalue weighted by molar-refractivity contribution is 5.33. The van der Waals surface area contributed by atoms with Gasteiger partial charge in [0.25, 0.3) is 5.56 Å². The van der Waals surface area contributed by atoms with Gasteiger partial charge in [0, 0.05) is 43.3 Å². The van der Waals surface area contributed by atoms with E-state index in [0.29, 0.717) is 12.2 Å². The Morgan fingerprint density at radius 1 is 1.30 bits per heavy atom. The van der Waals surface area contributed by atoms with E-state index in [1.807, 2.05) is 32.2 Å². The fourth-order valence-electron chi connectivity index (χ4n) is 2.05. The first-order chi connectivity index (χ1) is 9.54. The van der Waals surface area contributed by atoms with Gasteiger partial charge in [-0.05, 0) is 32.2 Å². The van der Waals surface area contributed by atoms with Gasteiger partial charge < -0.3 is 10.3 Å². The van der Waals surface area contributed by atoms with Gasteiger partial charge in [-0.1, -0.05) is 6.07 Å². The lowest BCUT2D eigenvalue weighted by Gasteiger charge is -2.17. The molecule has 0 spiro atoms. The van der Waals surface area contributed by atoms with E-state index in [1.165, 1.54) is 6.07 Å². The van der Waals surface area contributed by atoms with Gasteiger partial charge in [0.15, 0.2) is 0 Å². The molecule has 2 heterocycles. The van der Waals surface area contributed by atoms with Gasteiger partial charge >= 0.3 is 0 Å². The summed E-state index contributed by atoms with van der Waals surface area (Å²) >= 11 is 0. The summed E-state index contributed by atoms with van der Waals surface area (Å²) < 4.78 is 1.63. The van der Waals surface area contributed by atoms with Crippen LogP contribution >= 0.6 is 0 Å². The van der Waals surface area contributed by atoms with Crippen molar-refractivity contribution in [1.29, 1.82) is 0 Å². The Balaban J connectivity index is 1.93. The number of hydrogen-bond acceptors (Lipinski definition) is 4. The van der Waals surface area contributed by atoms with E-state index in [1.54, 1.807) is 16.8 Å². The molecule has 0 aliphatic carbocycles. The van der Waals surface area contributed by atoms with Crippen molar-refractivity contribution in [3.63, 3.8) is 0 Å². The number of hydrogen-bond donors (Lipinski definition) is 1. The molecule has 0 aliphatic heterocycles. The minimum absolute atomic E-state index is 0.0266. The zero-order valence-electron chi connectivity index (χ0n) is 11.9. The Labute approximate surface area is 118 Å². The quantitative estimate of drug-likeness (QED) is 0.890. The topological polar surface area (TPSA) is 64.2 Å². The van der Waals surface area contributed by atoms with Gasteiger partial charge in [-0.15, -0.1) is 0 Å². The van der Waals surface area contributed by atoms with E-state index in [9.17, 15) is 4.79 Å². The number of anilines is 1. The SMILES string of the molecule is Cc1cccc(CN(C)CCn2cc(N)ccc2=O)n1. The number of aromatic nitrogens is 2. The number of aryl methyl sites for hydroxylation is 1. The summed E-state index contributed by atoms with van der Waals surface area (Å²) in [6.45, 7) is 4.12. The van der Waals surface area contributed by atoms with Crippen LogP contribution in [0.4, 0.5) is 5.69 Å². The molecule has 2 N–H and O–H groups in total. The zero-order valence-corrected chi connectivity index (χ0v) is 11.9. The largest absolute Gasteiger partial charge is 0.398 e. The van der Waals surface area contributed by atoms with E-state index >= 15 is 0 Å². The third-order valence-electron chi connectivity index (χ3n) is 3.11. The van der Waals surface area contributed by atoms with E-state index < -0.39 is 0 Å². The lowest BCUT2D eigenvalue weighted by Crippen LogP contribution is -2.28. The molecule has 5 nitrogen and oxygen atoms in total. The monoisotopic (exact) mass is 272 g/mol. The molecular formula is C15H20N4O. The van der Waals surface area contributed by atoms with E-state index in [-0.39, 0.29) is 5.56 Å². The van der Waals surface area contributed by atoms with Crippen LogP contribution in [0.3, 0.4) is 0 Å². The minimum Gasteiger partial charge on any atom is -0.398 e. The summed E-state index contributed by atoms with van der Waals surface area (Å²) in [6, 6.07) is 9.12. The predicted molar refractivity (Wildman–Crippen MR) is 80.4 cm³/mol. The summed E-state index contributed by atoms with van der Waals surface area (Å²) in [4.78, 5) is 18.3. The van der Waals surface area contributed by atoms with Crippen LogP contribution in [0.25, 0.3) is 0 Å². The maximum Gasteiger partial charge on any atom is 0.250 e. The zero-order chi connectivity index (χ0) is 14.5. The van der Waals surface area contributed by atoms with Crippen LogP contribution in [-0.4, -0.2) is 28.0 Å². The molecule has 0 saturated carbocycles. The molecule has 0 unspecified atom stereocenters. The number of nitrogens with zero attached hydrogens (tertiary/aromatic N) is 3. The molecule has 20 heavy (non-hydrogen) atoms. The van der Waals surface area contributed by atoms with Crippen LogP contribution in [0.2, 0.25) is 0 Å². The molecule has 0 amide bonds. The van der Waals surface area contributed by atoms with Crippen LogP contribution in [0.5, 0.6) is 0 Å². The van der Waals surface area contributed by atoms with E-state index in [2.05, 4.69) is 9.88 Å². The summed E-state index contributed by atoms with van der Waals surface area (Å²) in [5.41, 5.74) is 8.32. The molecule has 2 aromatic rings. The van der Waals surface area contributed by atoms with Crippen LogP contribution in [-0.2, 0) is 13.1 Å². The predicted octanol–water partition coefficient (Wildman–Crippen LogP) is 1.27. The highest BCUT2D eigenvalue weighted by atomic mass is 16.1. The highest BCUT2D eigenvalue weighted by Crippen LogP contribution is 2.02. The number of nitrogens with two attached hydrogens (primary N) is 1. The van der Waals surface area contributed by atoms with Crippen molar-refractivity contribution in [3.8, 4) is 0 Å². The van der Waals surface area contributed by atoms with Crippen molar-refractivity contribution in [2.24, 2.45) is 0 Å². The van der Waals surface area contributed by atoms with Crippen molar-refractivity contribution in [3.05, 3.63) is 58.3 Å². The van der Waals surface area contributed by atoms with Gasteiger partial charge in [-0.2, -0.15) is 0 Å². The molecule has 106 valence electrons. The van der Waals surface area contributed by atoms with Crippen molar-refractivity contribution in [2.75, 3.05) is 19.3 Å². The van der Waals surface area contributed by atoms with Crippen LogP contribution < -0.4 is 11.3 Å². The van der Waals surface area contributed by atoms with Crippen LogP contribution in [0, 0.1) is 6.92 Å². The van der Waals surface area contributed by atoms with Gasteiger partial charge in [0.2, 0.25) is 0 Å². The maximum atomic E-state index is 11.7. The summed E-state index contributed by atoms with van der Waals surface area (Å²) in [6.07, 6.45) is 1.68. The van der Waals surface area contributed by atoms with Gasteiger partial charge in [-0.25, -0.2) is 0 Å². The second-order valence-electron chi connectivity index (χ2n) is 5.00. The van der Waals surface area contributed by atoms with Crippen molar-refractivity contribution in [2.45, 2.75) is 20.0 Å². The molecule has 2 aromatic heterocycles. The Kier molecular flexibility index (Phi) is 4.53. The first kappa shape index (κ1) is 14.3. The lowest BCUT2D eigenvalue weighted by atomic mass is 10.3. The second-order valence-corrected chi connectivity index (χ2v) is 5.00. The Hall–Kier alpha value is -2.14. The summed E-state index contributed by atoms with van der Waals surface area (Å²) in [5, 5.41) is 0. The third kappa shape index (κ3) is 3.93. The number of nitrogen functional groups attached to an aromatic ring is 1. The minimum atomic E-state index is -0.0266. The standard InChI is InChI=1S/C15H20N4O/c1-12-4-3-5-14(17-12)11-18(2)8-9-19-10-13(16)6-7-15(19)20/h3-7,10H,8-9,11,16H2,1-2H3. The van der Waals surface area contributed by atoms with Crippen LogP contribution in [0.1, 0.15) is 11.4 Å². The molecule has 2 rings (SSSR count). The first-order valence-corrected chi connectivity index (χ1v) is 6.61. The Bertz CT molecular complexity index is 636. The lowest BCUT2D eigenvalue weighted by molar-refractivity contribution is 0.306. The van der Waals surface area contributed by atoms with Crippen molar-refractivity contribution >= 4 is 5.69 Å². The number of pyridine rings is 2. The average Bonchev–Trinajstić information content (AvgIpc) is 2.40. The molecule has 5 heteroatoms. The van der Waals surface area contributed by atoms with Crippen molar-refractivity contribution in [1.82, 2.24) is 14.5 Å². The molecule has 0 atom stereocenters. The van der Waals surface area contributed by atoms with Crippen molar-refractivity contribution < 1.29 is 0 Å². The number of likely N-dealkylation sites (N-methyl/N-ethyl adjacent to an activating group) is 1. The highest BCUT2D eigenvalue weighted by Gasteiger charge is 2.03. The average molecular weight is 272 g/mol. The van der Waals surface area contributed by atoms with Gasteiger partial charge in [0.1, 0.15) is 0 Å². The Morgan fingerprint density at radius 2 is 2.10 bits per heavy atom. The summed E-state index contributed by atoms with van der Waals surface area (Å²) in [5.74, 6) is 0. The number of rotatable bonds is 5. The fraction of sp³-hybridized carbons (Fsp3) is 0.333. The fourth-order valence-corrected chi connectivity index (χ4v) is 2.05.